The highest BCUT2D eigenvalue weighted by Gasteiger charge is 2.17. The molecule has 0 saturated carbocycles. The van der Waals surface area contributed by atoms with Crippen LogP contribution in [0, 0.1) is 0 Å². The molecular formula is C9H11ClF2N2O. The van der Waals surface area contributed by atoms with Gasteiger partial charge in [-0.05, 0) is 12.1 Å². The van der Waals surface area contributed by atoms with Gasteiger partial charge in [-0.1, -0.05) is 17.7 Å². The number of anilines is 2. The van der Waals surface area contributed by atoms with Crippen LogP contribution in [0.5, 0.6) is 0 Å². The highest BCUT2D eigenvalue weighted by molar-refractivity contribution is 6.33. The van der Waals surface area contributed by atoms with Crippen molar-refractivity contribution in [3.63, 3.8) is 0 Å². The number of para-hydroxylation sites is 1. The fourth-order valence-corrected chi connectivity index (χ4v) is 1.27. The number of halogens is 3. The first-order chi connectivity index (χ1) is 7.02. The maximum Gasteiger partial charge on any atom is 0.265 e. The van der Waals surface area contributed by atoms with Gasteiger partial charge in [0.1, 0.15) is 6.10 Å². The lowest BCUT2D eigenvalue weighted by Gasteiger charge is -2.14. The fraction of sp³-hybridized carbons (Fsp3) is 0.333. The number of aliphatic hydroxyl groups excluding tert-OH is 1. The van der Waals surface area contributed by atoms with Crippen LogP contribution in [-0.2, 0) is 0 Å². The van der Waals surface area contributed by atoms with Crippen LogP contribution in [-0.4, -0.2) is 24.2 Å². The largest absolute Gasteiger partial charge is 0.397 e. The Labute approximate surface area is 90.8 Å². The van der Waals surface area contributed by atoms with Gasteiger partial charge in [0, 0.05) is 6.54 Å². The first-order valence-corrected chi connectivity index (χ1v) is 4.64. The standard InChI is InChI=1S/C9H11ClF2N2O/c10-5-2-1-3-6(13)8(5)14-4-7(15)9(11)12/h1-3,7,9,14-15H,4,13H2. The van der Waals surface area contributed by atoms with Gasteiger partial charge in [-0.2, -0.15) is 0 Å². The number of nitrogens with one attached hydrogen (secondary N) is 1. The zero-order valence-electron chi connectivity index (χ0n) is 7.75. The molecule has 0 saturated heterocycles. The van der Waals surface area contributed by atoms with E-state index in [4.69, 9.17) is 22.4 Å². The summed E-state index contributed by atoms with van der Waals surface area (Å²) in [6.07, 6.45) is -4.53. The van der Waals surface area contributed by atoms with Gasteiger partial charge in [-0.3, -0.25) is 0 Å². The lowest BCUT2D eigenvalue weighted by Crippen LogP contribution is -2.27. The molecule has 1 aromatic rings. The number of rotatable bonds is 4. The van der Waals surface area contributed by atoms with Crippen molar-refractivity contribution in [2.24, 2.45) is 0 Å². The molecule has 0 aliphatic heterocycles. The van der Waals surface area contributed by atoms with Crippen molar-refractivity contribution < 1.29 is 13.9 Å². The van der Waals surface area contributed by atoms with Gasteiger partial charge in [0.05, 0.1) is 16.4 Å². The third-order valence-corrected chi connectivity index (χ3v) is 2.14. The number of nitrogens with two attached hydrogens (primary N) is 1. The molecule has 0 amide bonds. The summed E-state index contributed by atoms with van der Waals surface area (Å²) in [4.78, 5) is 0. The average molecular weight is 237 g/mol. The fourth-order valence-electron chi connectivity index (χ4n) is 1.02. The van der Waals surface area contributed by atoms with E-state index in [9.17, 15) is 8.78 Å². The molecule has 1 atom stereocenters. The molecule has 0 aliphatic carbocycles. The minimum Gasteiger partial charge on any atom is -0.397 e. The van der Waals surface area contributed by atoms with Crippen LogP contribution in [0.3, 0.4) is 0 Å². The molecule has 0 heterocycles. The predicted octanol–water partition coefficient (Wildman–Crippen LogP) is 1.96. The van der Waals surface area contributed by atoms with Crippen LogP contribution < -0.4 is 11.1 Å². The molecule has 1 unspecified atom stereocenters. The van der Waals surface area contributed by atoms with E-state index in [1.54, 1.807) is 18.2 Å². The van der Waals surface area contributed by atoms with Crippen molar-refractivity contribution in [2.45, 2.75) is 12.5 Å². The Morgan fingerprint density at radius 3 is 2.67 bits per heavy atom. The van der Waals surface area contributed by atoms with Crippen LogP contribution in [0.2, 0.25) is 5.02 Å². The van der Waals surface area contributed by atoms with Gasteiger partial charge in [0.2, 0.25) is 0 Å². The van der Waals surface area contributed by atoms with Crippen LogP contribution in [0.15, 0.2) is 18.2 Å². The van der Waals surface area contributed by atoms with Crippen molar-refractivity contribution >= 4 is 23.0 Å². The zero-order valence-corrected chi connectivity index (χ0v) is 8.51. The molecule has 6 heteroatoms. The van der Waals surface area contributed by atoms with Crippen LogP contribution in [0.25, 0.3) is 0 Å². The number of alkyl halides is 2. The Morgan fingerprint density at radius 2 is 2.13 bits per heavy atom. The van der Waals surface area contributed by atoms with E-state index in [0.717, 1.165) is 0 Å². The van der Waals surface area contributed by atoms with Gasteiger partial charge in [-0.25, -0.2) is 8.78 Å². The Hall–Kier alpha value is -1.07. The van der Waals surface area contributed by atoms with E-state index >= 15 is 0 Å². The van der Waals surface area contributed by atoms with Gasteiger partial charge >= 0.3 is 0 Å². The third-order valence-electron chi connectivity index (χ3n) is 1.82. The average Bonchev–Trinajstić information content (AvgIpc) is 2.16. The molecule has 0 radical (unpaired) electrons. The second kappa shape index (κ2) is 5.14. The molecule has 0 aromatic heterocycles. The van der Waals surface area contributed by atoms with Crippen molar-refractivity contribution in [2.75, 3.05) is 17.6 Å². The quantitative estimate of drug-likeness (QED) is 0.701. The predicted molar refractivity (Wildman–Crippen MR) is 56.4 cm³/mol. The van der Waals surface area contributed by atoms with E-state index in [2.05, 4.69) is 5.32 Å². The monoisotopic (exact) mass is 236 g/mol. The van der Waals surface area contributed by atoms with Gasteiger partial charge in [-0.15, -0.1) is 0 Å². The molecule has 1 aromatic carbocycles. The molecule has 0 aliphatic rings. The summed E-state index contributed by atoms with van der Waals surface area (Å²) < 4.78 is 24.0. The zero-order chi connectivity index (χ0) is 11.4. The number of aliphatic hydroxyl groups is 1. The molecule has 15 heavy (non-hydrogen) atoms. The molecular weight excluding hydrogens is 226 g/mol. The van der Waals surface area contributed by atoms with Crippen molar-refractivity contribution in [3.05, 3.63) is 23.2 Å². The van der Waals surface area contributed by atoms with Crippen LogP contribution in [0.1, 0.15) is 0 Å². The minimum atomic E-state index is -2.79. The summed E-state index contributed by atoms with van der Waals surface area (Å²) >= 11 is 5.78. The molecule has 4 N–H and O–H groups in total. The second-order valence-electron chi connectivity index (χ2n) is 2.99. The first kappa shape index (κ1) is 12.0. The number of nitrogen functional groups attached to an aromatic ring is 1. The molecule has 0 spiro atoms. The highest BCUT2D eigenvalue weighted by Crippen LogP contribution is 2.27. The Bertz CT molecular complexity index is 316. The summed E-state index contributed by atoms with van der Waals surface area (Å²) in [5.74, 6) is 0. The lowest BCUT2D eigenvalue weighted by molar-refractivity contribution is 0.00385. The van der Waals surface area contributed by atoms with Crippen LogP contribution in [0.4, 0.5) is 20.2 Å². The number of hydrogen-bond acceptors (Lipinski definition) is 3. The van der Waals surface area contributed by atoms with Crippen LogP contribution >= 0.6 is 11.6 Å². The minimum absolute atomic E-state index is 0.300. The van der Waals surface area contributed by atoms with Crippen molar-refractivity contribution in [3.8, 4) is 0 Å². The normalized spacial score (nSPS) is 12.9. The summed E-state index contributed by atoms with van der Waals surface area (Å²) in [7, 11) is 0. The maximum atomic E-state index is 12.0. The smallest absolute Gasteiger partial charge is 0.265 e. The molecule has 0 fully saturated rings. The Morgan fingerprint density at radius 1 is 1.47 bits per heavy atom. The van der Waals surface area contributed by atoms with E-state index in [0.29, 0.717) is 16.4 Å². The summed E-state index contributed by atoms with van der Waals surface area (Å²) in [5, 5.41) is 11.8. The summed E-state index contributed by atoms with van der Waals surface area (Å²) in [6.45, 7) is -0.300. The Kier molecular flexibility index (Phi) is 4.11. The molecule has 1 rings (SSSR count). The Balaban J connectivity index is 2.65. The third kappa shape index (κ3) is 3.21. The maximum absolute atomic E-state index is 12.0. The molecule has 84 valence electrons. The first-order valence-electron chi connectivity index (χ1n) is 4.26. The van der Waals surface area contributed by atoms with Gasteiger partial charge < -0.3 is 16.2 Å². The SMILES string of the molecule is Nc1cccc(Cl)c1NCC(O)C(F)F. The van der Waals surface area contributed by atoms with E-state index in [1.165, 1.54) is 0 Å². The second-order valence-corrected chi connectivity index (χ2v) is 3.39. The summed E-state index contributed by atoms with van der Waals surface area (Å²) in [6, 6.07) is 4.81. The van der Waals surface area contributed by atoms with Gasteiger partial charge in [0.25, 0.3) is 6.43 Å². The van der Waals surface area contributed by atoms with E-state index < -0.39 is 12.5 Å². The van der Waals surface area contributed by atoms with E-state index in [1.807, 2.05) is 0 Å². The molecule has 3 nitrogen and oxygen atoms in total. The topological polar surface area (TPSA) is 58.3 Å². The van der Waals surface area contributed by atoms with Crippen molar-refractivity contribution in [1.82, 2.24) is 0 Å². The number of benzene rings is 1. The summed E-state index contributed by atoms with van der Waals surface area (Å²) in [5.41, 5.74) is 6.28. The van der Waals surface area contributed by atoms with E-state index in [-0.39, 0.29) is 6.54 Å². The number of hydrogen-bond donors (Lipinski definition) is 3. The lowest BCUT2D eigenvalue weighted by atomic mass is 10.2. The van der Waals surface area contributed by atoms with Crippen molar-refractivity contribution in [1.29, 1.82) is 0 Å². The van der Waals surface area contributed by atoms with Gasteiger partial charge in [0.15, 0.2) is 0 Å². The molecule has 0 bridgehead atoms. The highest BCUT2D eigenvalue weighted by atomic mass is 35.5.